The molecule has 0 amide bonds. The Labute approximate surface area is 283 Å². The quantitative estimate of drug-likeness (QED) is 0.144. The molecule has 0 saturated carbocycles. The molecule has 0 atom stereocenters. The third-order valence-corrected chi connectivity index (χ3v) is 8.09. The summed E-state index contributed by atoms with van der Waals surface area (Å²) in [6, 6.07) is 37.7. The van der Waals surface area contributed by atoms with Crippen LogP contribution in [-0.4, -0.2) is 26.4 Å². The van der Waals surface area contributed by atoms with Crippen molar-refractivity contribution < 1.29 is 30.5 Å². The zero-order valence-electron chi connectivity index (χ0n) is 26.4. The minimum Gasteiger partial charge on any atom is -0.509 e. The van der Waals surface area contributed by atoms with Gasteiger partial charge in [-0.1, -0.05) is 61.8 Å². The Hall–Kier alpha value is -4.67. The molecular weight excluding hydrogens is 752 g/mol. The fraction of sp³-hybridized carbons (Fsp3) is 0.179. The first-order valence-electron chi connectivity index (χ1n) is 15.2. The Balaban J connectivity index is 0.00000372. The van der Waals surface area contributed by atoms with Crippen molar-refractivity contribution in [1.82, 2.24) is 19.3 Å². The van der Waals surface area contributed by atoms with Crippen LogP contribution in [0.15, 0.2) is 97.2 Å². The normalized spacial score (nSPS) is 11.3. The summed E-state index contributed by atoms with van der Waals surface area (Å²) in [6.07, 6.45) is 2.78. The Morgan fingerprint density at radius 2 is 1.63 bits per heavy atom. The van der Waals surface area contributed by atoms with Crippen molar-refractivity contribution in [3.63, 3.8) is 0 Å². The molecule has 7 rings (SSSR count). The summed E-state index contributed by atoms with van der Waals surface area (Å²) < 4.78 is 16.0. The van der Waals surface area contributed by atoms with E-state index in [1.807, 2.05) is 66.2 Å². The molecular formula is C39H34N4O2Pt. The number of aryl methyl sites for hydroxylation is 1. The number of aromatic nitrogens is 4. The number of pyridine rings is 1. The number of ether oxygens (including phenoxy) is 2. The molecule has 232 valence electrons. The van der Waals surface area contributed by atoms with Crippen LogP contribution in [0.25, 0.3) is 44.4 Å². The molecule has 7 aromatic rings. The van der Waals surface area contributed by atoms with E-state index in [0.29, 0.717) is 17.4 Å². The van der Waals surface area contributed by atoms with E-state index in [2.05, 4.69) is 73.9 Å². The molecule has 0 bridgehead atoms. The molecule has 0 saturated heterocycles. The zero-order valence-corrected chi connectivity index (χ0v) is 28.7. The molecule has 7 heteroatoms. The van der Waals surface area contributed by atoms with Crippen molar-refractivity contribution in [2.75, 3.05) is 7.11 Å². The number of hydrogen-bond donors (Lipinski definition) is 0. The van der Waals surface area contributed by atoms with Crippen LogP contribution in [0.2, 0.25) is 0 Å². The van der Waals surface area contributed by atoms with Crippen molar-refractivity contribution in [3.8, 4) is 39.9 Å². The number of nitrogens with zero attached hydrogens (tertiary/aromatic N) is 4. The molecule has 0 fully saturated rings. The number of fused-ring (bicyclic) bond motifs is 3. The zero-order chi connectivity index (χ0) is 31.1. The number of rotatable bonds is 8. The Bertz CT molecular complexity index is 2160. The second-order valence-corrected chi connectivity index (χ2v) is 11.7. The van der Waals surface area contributed by atoms with Crippen molar-refractivity contribution in [1.29, 1.82) is 0 Å². The van der Waals surface area contributed by atoms with E-state index in [9.17, 15) is 0 Å². The predicted octanol–water partition coefficient (Wildman–Crippen LogP) is 9.25. The second-order valence-electron chi connectivity index (χ2n) is 11.7. The van der Waals surface area contributed by atoms with E-state index in [1.165, 1.54) is 5.56 Å². The van der Waals surface area contributed by atoms with Crippen LogP contribution < -0.4 is 9.47 Å². The molecule has 0 aliphatic heterocycles. The summed E-state index contributed by atoms with van der Waals surface area (Å²) in [5.74, 6) is 3.23. The van der Waals surface area contributed by atoms with Gasteiger partial charge in [0.1, 0.15) is 11.6 Å². The van der Waals surface area contributed by atoms with Gasteiger partial charge in [-0.2, -0.15) is 17.2 Å². The molecule has 46 heavy (non-hydrogen) atoms. The average Bonchev–Trinajstić information content (AvgIpc) is 3.53. The first kappa shape index (κ1) is 31.3. The van der Waals surface area contributed by atoms with Crippen molar-refractivity contribution in [2.45, 2.75) is 34.1 Å². The van der Waals surface area contributed by atoms with Crippen LogP contribution in [0, 0.1) is 31.9 Å². The Morgan fingerprint density at radius 3 is 2.41 bits per heavy atom. The van der Waals surface area contributed by atoms with Crippen LogP contribution >= 0.6 is 0 Å². The van der Waals surface area contributed by atoms with Crippen LogP contribution in [-0.2, 0) is 27.5 Å². The summed E-state index contributed by atoms with van der Waals surface area (Å²) in [4.78, 5) is 4.71. The SMILES string of the molecule is COc1ccnc(-n2c3[c-]c(Oc4[c-]c(-n5nc(C)c(-c6ccccc6)c5C)ccc4)ccc3c3cc(CC(C)C)ccc32)c1.[Pt+2]. The second kappa shape index (κ2) is 13.0. The standard InChI is InChI=1S/C39H34N4O2.Pt/c1-25(2)20-28-14-17-36-35(21-28)34-16-15-33(23-37(34)42(36)38-24-31(44-5)18-19-40-38)45-32-13-9-12-30(22-32)43-27(4)39(26(3)41-43)29-10-7-6-8-11-29;/h6-19,21,24-25H,20H2,1-5H3;/q-2;+2. The largest absolute Gasteiger partial charge is 2.00 e. The maximum atomic E-state index is 6.41. The Kier molecular flexibility index (Phi) is 8.84. The third kappa shape index (κ3) is 5.86. The van der Waals surface area contributed by atoms with Gasteiger partial charge in [0, 0.05) is 40.5 Å². The molecule has 0 aliphatic carbocycles. The van der Waals surface area contributed by atoms with Gasteiger partial charge in [-0.25, -0.2) is 4.98 Å². The first-order chi connectivity index (χ1) is 21.9. The van der Waals surface area contributed by atoms with Gasteiger partial charge < -0.3 is 14.0 Å². The van der Waals surface area contributed by atoms with E-state index in [4.69, 9.17) is 19.6 Å². The first-order valence-corrected chi connectivity index (χ1v) is 15.2. The van der Waals surface area contributed by atoms with Crippen LogP contribution in [0.3, 0.4) is 0 Å². The maximum absolute atomic E-state index is 6.41. The third-order valence-electron chi connectivity index (χ3n) is 8.09. The summed E-state index contributed by atoms with van der Waals surface area (Å²) in [6.45, 7) is 8.62. The van der Waals surface area contributed by atoms with Gasteiger partial charge in [0.25, 0.3) is 0 Å². The van der Waals surface area contributed by atoms with Crippen molar-refractivity contribution in [2.24, 2.45) is 5.92 Å². The van der Waals surface area contributed by atoms with Gasteiger partial charge in [-0.15, -0.1) is 35.7 Å². The predicted molar refractivity (Wildman–Crippen MR) is 180 cm³/mol. The van der Waals surface area contributed by atoms with Crippen LogP contribution in [0.5, 0.6) is 17.2 Å². The van der Waals surface area contributed by atoms with Gasteiger partial charge in [-0.05, 0) is 60.5 Å². The van der Waals surface area contributed by atoms with E-state index >= 15 is 0 Å². The molecule has 0 aliphatic rings. The molecule has 0 spiro atoms. The molecule has 0 unspecified atom stereocenters. The van der Waals surface area contributed by atoms with E-state index in [0.717, 1.165) is 68.0 Å². The molecule has 0 N–H and O–H groups in total. The molecule has 3 aromatic heterocycles. The minimum absolute atomic E-state index is 0. The van der Waals surface area contributed by atoms with Gasteiger partial charge in [0.15, 0.2) is 0 Å². The van der Waals surface area contributed by atoms with Crippen LogP contribution in [0.1, 0.15) is 30.8 Å². The van der Waals surface area contributed by atoms with Gasteiger partial charge in [0.2, 0.25) is 0 Å². The summed E-state index contributed by atoms with van der Waals surface area (Å²) in [5, 5.41) is 7.10. The van der Waals surface area contributed by atoms with Crippen molar-refractivity contribution in [3.05, 3.63) is 126 Å². The van der Waals surface area contributed by atoms with Crippen molar-refractivity contribution >= 4 is 21.8 Å². The number of hydrogen-bond acceptors (Lipinski definition) is 4. The monoisotopic (exact) mass is 785 g/mol. The van der Waals surface area contributed by atoms with Gasteiger partial charge in [-0.3, -0.25) is 4.68 Å². The number of benzene rings is 4. The van der Waals surface area contributed by atoms with Gasteiger partial charge >= 0.3 is 21.1 Å². The topological polar surface area (TPSA) is 54.1 Å². The molecule has 3 heterocycles. The molecule has 0 radical (unpaired) electrons. The summed E-state index contributed by atoms with van der Waals surface area (Å²) in [7, 11) is 1.67. The molecule has 6 nitrogen and oxygen atoms in total. The van der Waals surface area contributed by atoms with E-state index in [-0.39, 0.29) is 21.1 Å². The van der Waals surface area contributed by atoms with E-state index < -0.39 is 0 Å². The van der Waals surface area contributed by atoms with Gasteiger partial charge in [0.05, 0.1) is 12.8 Å². The fourth-order valence-corrected chi connectivity index (χ4v) is 6.15. The molecule has 4 aromatic carbocycles. The minimum atomic E-state index is 0. The average molecular weight is 786 g/mol. The maximum Gasteiger partial charge on any atom is 2.00 e. The smallest absolute Gasteiger partial charge is 0.509 e. The summed E-state index contributed by atoms with van der Waals surface area (Å²) >= 11 is 0. The van der Waals surface area contributed by atoms with E-state index in [1.54, 1.807) is 13.3 Å². The summed E-state index contributed by atoms with van der Waals surface area (Å²) in [5.41, 5.74) is 8.34. The fourth-order valence-electron chi connectivity index (χ4n) is 6.15. The number of methoxy groups -OCH3 is 1. The Morgan fingerprint density at radius 1 is 0.826 bits per heavy atom. The van der Waals surface area contributed by atoms with Crippen LogP contribution in [0.4, 0.5) is 0 Å².